The Morgan fingerprint density at radius 3 is 2.72 bits per heavy atom. The molecule has 1 aromatic heterocycles. The van der Waals surface area contributed by atoms with Crippen molar-refractivity contribution < 1.29 is 9.53 Å². The summed E-state index contributed by atoms with van der Waals surface area (Å²) in [7, 11) is 1.63. The van der Waals surface area contributed by atoms with Gasteiger partial charge in [0.05, 0.1) is 18.0 Å². The molecule has 6 nitrogen and oxygen atoms in total. The van der Waals surface area contributed by atoms with Crippen LogP contribution in [-0.4, -0.2) is 39.1 Å². The fourth-order valence-corrected chi connectivity index (χ4v) is 3.77. The second kappa shape index (κ2) is 10.1. The highest BCUT2D eigenvalue weighted by Gasteiger charge is 2.20. The molecule has 2 atom stereocenters. The molecule has 0 saturated carbocycles. The topological polar surface area (TPSA) is 69.0 Å². The lowest BCUT2D eigenvalue weighted by Gasteiger charge is -2.17. The van der Waals surface area contributed by atoms with Crippen LogP contribution in [-0.2, 0) is 11.2 Å². The van der Waals surface area contributed by atoms with Crippen molar-refractivity contribution in [2.45, 2.75) is 43.1 Å². The van der Waals surface area contributed by atoms with E-state index >= 15 is 0 Å². The van der Waals surface area contributed by atoms with Crippen LogP contribution in [0.15, 0.2) is 66.1 Å². The molecule has 3 aromatic rings. The van der Waals surface area contributed by atoms with E-state index in [2.05, 4.69) is 27.6 Å². The smallest absolute Gasteiger partial charge is 0.233 e. The van der Waals surface area contributed by atoms with E-state index in [1.807, 2.05) is 60.9 Å². The predicted molar refractivity (Wildman–Crippen MR) is 116 cm³/mol. The molecule has 0 aliphatic carbocycles. The number of amides is 1. The number of aromatic nitrogens is 3. The van der Waals surface area contributed by atoms with Gasteiger partial charge in [-0.05, 0) is 44.4 Å². The van der Waals surface area contributed by atoms with E-state index in [1.54, 1.807) is 13.4 Å². The lowest BCUT2D eigenvalue weighted by Crippen LogP contribution is -2.38. The van der Waals surface area contributed by atoms with Crippen LogP contribution in [0.3, 0.4) is 0 Å². The lowest BCUT2D eigenvalue weighted by molar-refractivity contribution is -0.120. The van der Waals surface area contributed by atoms with Gasteiger partial charge in [0, 0.05) is 12.1 Å². The molecule has 152 valence electrons. The molecule has 0 aliphatic rings. The number of thioether (sulfide) groups is 1. The van der Waals surface area contributed by atoms with Gasteiger partial charge >= 0.3 is 0 Å². The van der Waals surface area contributed by atoms with Gasteiger partial charge in [0.15, 0.2) is 5.16 Å². The van der Waals surface area contributed by atoms with Crippen molar-refractivity contribution in [2.24, 2.45) is 0 Å². The Morgan fingerprint density at radius 2 is 1.97 bits per heavy atom. The van der Waals surface area contributed by atoms with E-state index in [0.717, 1.165) is 24.3 Å². The van der Waals surface area contributed by atoms with Crippen molar-refractivity contribution in [2.75, 3.05) is 7.11 Å². The summed E-state index contributed by atoms with van der Waals surface area (Å²) in [4.78, 5) is 12.6. The molecule has 0 spiro atoms. The summed E-state index contributed by atoms with van der Waals surface area (Å²) in [6.45, 7) is 3.92. The van der Waals surface area contributed by atoms with Crippen molar-refractivity contribution in [3.63, 3.8) is 0 Å². The van der Waals surface area contributed by atoms with Crippen molar-refractivity contribution in [1.29, 1.82) is 0 Å². The first kappa shape index (κ1) is 20.9. The molecule has 0 aliphatic heterocycles. The minimum atomic E-state index is -0.289. The predicted octanol–water partition coefficient (Wildman–Crippen LogP) is 3.89. The zero-order chi connectivity index (χ0) is 20.6. The van der Waals surface area contributed by atoms with Gasteiger partial charge in [0.1, 0.15) is 12.1 Å². The van der Waals surface area contributed by atoms with E-state index in [4.69, 9.17) is 4.74 Å². The number of nitrogens with zero attached hydrogens (tertiary/aromatic N) is 3. The maximum atomic E-state index is 12.6. The normalized spacial score (nSPS) is 12.9. The highest BCUT2D eigenvalue weighted by molar-refractivity contribution is 8.00. The van der Waals surface area contributed by atoms with E-state index < -0.39 is 0 Å². The molecule has 2 aromatic carbocycles. The summed E-state index contributed by atoms with van der Waals surface area (Å²) < 4.78 is 7.14. The average Bonchev–Trinajstić information content (AvgIpc) is 3.21. The Bertz CT molecular complexity index is 929. The zero-order valence-corrected chi connectivity index (χ0v) is 17.7. The number of carbonyl (C=O) groups excluding carboxylic acids is 1. The molecule has 0 bridgehead atoms. The van der Waals surface area contributed by atoms with Gasteiger partial charge in [-0.15, -0.1) is 10.2 Å². The van der Waals surface area contributed by atoms with Crippen molar-refractivity contribution >= 4 is 17.7 Å². The average molecular weight is 411 g/mol. The van der Waals surface area contributed by atoms with Crippen LogP contribution in [0.25, 0.3) is 5.69 Å². The number of hydrogen-bond donors (Lipinski definition) is 1. The SMILES string of the molecule is COc1cccc(-n2cnnc2S[C@@H](C)C(=O)N[C@H](C)CCc2ccccc2)c1. The molecule has 0 fully saturated rings. The first-order chi connectivity index (χ1) is 14.1. The Hall–Kier alpha value is -2.80. The third-order valence-electron chi connectivity index (χ3n) is 4.60. The Balaban J connectivity index is 1.56. The molecule has 0 saturated heterocycles. The highest BCUT2D eigenvalue weighted by Crippen LogP contribution is 2.25. The molecule has 1 heterocycles. The van der Waals surface area contributed by atoms with Crippen LogP contribution < -0.4 is 10.1 Å². The number of nitrogens with one attached hydrogen (secondary N) is 1. The van der Waals surface area contributed by atoms with Crippen molar-refractivity contribution in [1.82, 2.24) is 20.1 Å². The third-order valence-corrected chi connectivity index (χ3v) is 5.65. The summed E-state index contributed by atoms with van der Waals surface area (Å²) in [6, 6.07) is 18.1. The van der Waals surface area contributed by atoms with Crippen LogP contribution in [0.1, 0.15) is 25.8 Å². The number of rotatable bonds is 9. The third kappa shape index (κ3) is 5.84. The lowest BCUT2D eigenvalue weighted by atomic mass is 10.1. The molecule has 0 radical (unpaired) electrons. The quantitative estimate of drug-likeness (QED) is 0.542. The number of ether oxygens (including phenoxy) is 1. The molecule has 1 N–H and O–H groups in total. The molecule has 1 amide bonds. The summed E-state index contributed by atoms with van der Waals surface area (Å²) in [5, 5.41) is 11.7. The van der Waals surface area contributed by atoms with Gasteiger partial charge < -0.3 is 10.1 Å². The minimum Gasteiger partial charge on any atom is -0.497 e. The number of aryl methyl sites for hydroxylation is 1. The highest BCUT2D eigenvalue weighted by atomic mass is 32.2. The second-order valence-electron chi connectivity index (χ2n) is 6.88. The zero-order valence-electron chi connectivity index (χ0n) is 16.9. The Morgan fingerprint density at radius 1 is 1.17 bits per heavy atom. The fraction of sp³-hybridized carbons (Fsp3) is 0.318. The summed E-state index contributed by atoms with van der Waals surface area (Å²) in [5.74, 6) is 0.751. The van der Waals surface area contributed by atoms with Crippen LogP contribution in [0, 0.1) is 0 Å². The van der Waals surface area contributed by atoms with Gasteiger partial charge in [-0.3, -0.25) is 9.36 Å². The molecular formula is C22H26N4O2S. The number of carbonyl (C=O) groups is 1. The monoisotopic (exact) mass is 410 g/mol. The second-order valence-corrected chi connectivity index (χ2v) is 8.19. The molecule has 29 heavy (non-hydrogen) atoms. The summed E-state index contributed by atoms with van der Waals surface area (Å²) in [5.41, 5.74) is 2.17. The summed E-state index contributed by atoms with van der Waals surface area (Å²) in [6.07, 6.45) is 3.48. The first-order valence-electron chi connectivity index (χ1n) is 9.62. The van der Waals surface area contributed by atoms with Crippen LogP contribution >= 0.6 is 11.8 Å². The Labute approximate surface area is 175 Å². The van der Waals surface area contributed by atoms with E-state index in [9.17, 15) is 4.79 Å². The van der Waals surface area contributed by atoms with E-state index in [1.165, 1.54) is 17.3 Å². The van der Waals surface area contributed by atoms with Crippen molar-refractivity contribution in [3.05, 3.63) is 66.5 Å². The first-order valence-corrected chi connectivity index (χ1v) is 10.5. The van der Waals surface area contributed by atoms with E-state index in [0.29, 0.717) is 5.16 Å². The molecule has 3 rings (SSSR count). The number of hydrogen-bond acceptors (Lipinski definition) is 5. The molecular weight excluding hydrogens is 384 g/mol. The van der Waals surface area contributed by atoms with Gasteiger partial charge in [-0.25, -0.2) is 0 Å². The summed E-state index contributed by atoms with van der Waals surface area (Å²) >= 11 is 1.39. The van der Waals surface area contributed by atoms with Gasteiger partial charge in [0.2, 0.25) is 5.91 Å². The van der Waals surface area contributed by atoms with Crippen LogP contribution in [0.4, 0.5) is 0 Å². The van der Waals surface area contributed by atoms with Gasteiger partial charge in [0.25, 0.3) is 0 Å². The maximum absolute atomic E-state index is 12.6. The fourth-order valence-electron chi connectivity index (χ4n) is 2.91. The Kier molecular flexibility index (Phi) is 7.30. The van der Waals surface area contributed by atoms with Crippen LogP contribution in [0.2, 0.25) is 0 Å². The van der Waals surface area contributed by atoms with Gasteiger partial charge in [-0.1, -0.05) is 48.2 Å². The van der Waals surface area contributed by atoms with E-state index in [-0.39, 0.29) is 17.2 Å². The molecule has 0 unspecified atom stereocenters. The largest absolute Gasteiger partial charge is 0.497 e. The number of methoxy groups -OCH3 is 1. The minimum absolute atomic E-state index is 0.00393. The molecule has 7 heteroatoms. The van der Waals surface area contributed by atoms with Crippen molar-refractivity contribution in [3.8, 4) is 11.4 Å². The van der Waals surface area contributed by atoms with Gasteiger partial charge in [-0.2, -0.15) is 0 Å². The maximum Gasteiger partial charge on any atom is 0.233 e. The van der Waals surface area contributed by atoms with Crippen LogP contribution in [0.5, 0.6) is 5.75 Å². The standard InChI is InChI=1S/C22H26N4O2S/c1-16(12-13-18-8-5-4-6-9-18)24-21(27)17(2)29-22-25-23-15-26(22)19-10-7-11-20(14-19)28-3/h4-11,14-17H,12-13H2,1-3H3,(H,24,27)/t16-,17+/m1/s1. The number of benzene rings is 2.